The molecule has 1 N–H and O–H groups in total. The summed E-state index contributed by atoms with van der Waals surface area (Å²) in [6.45, 7) is 0. The lowest BCUT2D eigenvalue weighted by atomic mass is 10.1. The second kappa shape index (κ2) is 5.42. The summed E-state index contributed by atoms with van der Waals surface area (Å²) in [5, 5.41) is 13.9. The van der Waals surface area contributed by atoms with Gasteiger partial charge in [-0.15, -0.1) is 0 Å². The van der Waals surface area contributed by atoms with Gasteiger partial charge < -0.3 is 5.11 Å². The molecule has 0 aliphatic carbocycles. The number of aromatic nitrogens is 3. The highest BCUT2D eigenvalue weighted by atomic mass is 19.1. The number of phenolic OH excluding ortho intramolecular Hbond substituents is 1. The van der Waals surface area contributed by atoms with E-state index >= 15 is 0 Å². The number of benzene rings is 2. The maximum atomic E-state index is 14.2. The zero-order chi connectivity index (χ0) is 16.7. The van der Waals surface area contributed by atoms with Crippen LogP contribution in [0.25, 0.3) is 27.7 Å². The van der Waals surface area contributed by atoms with Crippen LogP contribution in [0.2, 0.25) is 0 Å². The van der Waals surface area contributed by atoms with Gasteiger partial charge in [0, 0.05) is 17.8 Å². The quantitative estimate of drug-likeness (QED) is 0.605. The van der Waals surface area contributed by atoms with Crippen LogP contribution in [0.15, 0.2) is 61.1 Å². The molecule has 0 radical (unpaired) electrons. The Morgan fingerprint density at radius 1 is 0.958 bits per heavy atom. The van der Waals surface area contributed by atoms with Gasteiger partial charge in [-0.3, -0.25) is 4.98 Å². The molecule has 2 aromatic heterocycles. The molecule has 2 aromatic carbocycles. The highest BCUT2D eigenvalue weighted by Gasteiger charge is 2.17. The number of nitrogens with zero attached hydrogens (tertiary/aromatic N) is 3. The van der Waals surface area contributed by atoms with Gasteiger partial charge in [-0.1, -0.05) is 18.2 Å². The first-order chi connectivity index (χ1) is 11.6. The Bertz CT molecular complexity index is 1030. The molecule has 0 saturated heterocycles. The van der Waals surface area contributed by atoms with Crippen LogP contribution in [0.5, 0.6) is 5.75 Å². The highest BCUT2D eigenvalue weighted by molar-refractivity contribution is 5.83. The van der Waals surface area contributed by atoms with Crippen LogP contribution in [-0.2, 0) is 0 Å². The maximum Gasteiger partial charge on any atom is 0.194 e. The Hall–Kier alpha value is -3.28. The molecule has 0 fully saturated rings. The van der Waals surface area contributed by atoms with Crippen LogP contribution in [0, 0.1) is 11.6 Å². The second-order valence-electron chi connectivity index (χ2n) is 5.30. The monoisotopic (exact) mass is 323 g/mol. The minimum absolute atomic E-state index is 0.0306. The van der Waals surface area contributed by atoms with E-state index in [0.29, 0.717) is 5.69 Å². The SMILES string of the molecule is Oc1c(F)cc2cnn(-c3ccc(-c4cccnc4)cc3)c2c1F. The second-order valence-corrected chi connectivity index (χ2v) is 5.30. The van der Waals surface area contributed by atoms with Crippen LogP contribution < -0.4 is 0 Å². The van der Waals surface area contributed by atoms with Crippen LogP contribution in [0.1, 0.15) is 0 Å². The molecule has 0 aliphatic heterocycles. The van der Waals surface area contributed by atoms with E-state index in [1.54, 1.807) is 24.5 Å². The van der Waals surface area contributed by atoms with Crippen molar-refractivity contribution in [1.29, 1.82) is 0 Å². The van der Waals surface area contributed by atoms with Crippen molar-refractivity contribution in [1.82, 2.24) is 14.8 Å². The summed E-state index contributed by atoms with van der Waals surface area (Å²) in [7, 11) is 0. The molecule has 24 heavy (non-hydrogen) atoms. The van der Waals surface area contributed by atoms with Gasteiger partial charge in [-0.2, -0.15) is 5.10 Å². The number of aromatic hydroxyl groups is 1. The van der Waals surface area contributed by atoms with E-state index in [4.69, 9.17) is 0 Å². The first-order valence-corrected chi connectivity index (χ1v) is 7.20. The zero-order valence-electron chi connectivity index (χ0n) is 12.3. The molecule has 0 bridgehead atoms. The summed E-state index contributed by atoms with van der Waals surface area (Å²) in [5.74, 6) is -3.04. The summed E-state index contributed by atoms with van der Waals surface area (Å²) in [5.41, 5.74) is 2.54. The van der Waals surface area contributed by atoms with Crippen molar-refractivity contribution in [3.8, 4) is 22.6 Å². The lowest BCUT2D eigenvalue weighted by molar-refractivity contribution is 0.399. The van der Waals surface area contributed by atoms with Crippen molar-refractivity contribution in [2.24, 2.45) is 0 Å². The predicted molar refractivity (Wildman–Crippen MR) is 85.9 cm³/mol. The summed E-state index contributed by atoms with van der Waals surface area (Å²) in [4.78, 5) is 4.07. The Labute approximate surface area is 135 Å². The molecule has 2 heterocycles. The van der Waals surface area contributed by atoms with E-state index in [1.807, 2.05) is 24.3 Å². The Balaban J connectivity index is 1.82. The molecule has 0 unspecified atom stereocenters. The van der Waals surface area contributed by atoms with Gasteiger partial charge in [0.1, 0.15) is 5.52 Å². The fraction of sp³-hybridized carbons (Fsp3) is 0. The van der Waals surface area contributed by atoms with E-state index < -0.39 is 17.4 Å². The molecule has 0 amide bonds. The minimum atomic E-state index is -1.03. The van der Waals surface area contributed by atoms with Crippen molar-refractivity contribution in [2.75, 3.05) is 0 Å². The van der Waals surface area contributed by atoms with Gasteiger partial charge in [-0.25, -0.2) is 13.5 Å². The third kappa shape index (κ3) is 2.20. The zero-order valence-corrected chi connectivity index (χ0v) is 12.3. The molecule has 4 rings (SSSR count). The maximum absolute atomic E-state index is 14.2. The van der Waals surface area contributed by atoms with Gasteiger partial charge in [0.05, 0.1) is 11.9 Å². The van der Waals surface area contributed by atoms with Gasteiger partial charge in [0.15, 0.2) is 17.4 Å². The summed E-state index contributed by atoms with van der Waals surface area (Å²) in [6, 6.07) is 12.1. The van der Waals surface area contributed by atoms with E-state index in [1.165, 1.54) is 10.9 Å². The van der Waals surface area contributed by atoms with Gasteiger partial charge in [-0.05, 0) is 35.4 Å². The number of halogens is 2. The van der Waals surface area contributed by atoms with E-state index in [9.17, 15) is 13.9 Å². The summed E-state index contributed by atoms with van der Waals surface area (Å²) < 4.78 is 29.0. The molecule has 0 spiro atoms. The van der Waals surface area contributed by atoms with Crippen molar-refractivity contribution in [3.05, 3.63) is 72.7 Å². The third-order valence-corrected chi connectivity index (χ3v) is 3.83. The van der Waals surface area contributed by atoms with Crippen LogP contribution >= 0.6 is 0 Å². The molecule has 6 heteroatoms. The number of pyridine rings is 1. The number of rotatable bonds is 2. The van der Waals surface area contributed by atoms with Gasteiger partial charge in [0.2, 0.25) is 0 Å². The molecule has 0 aliphatic rings. The topological polar surface area (TPSA) is 50.9 Å². The highest BCUT2D eigenvalue weighted by Crippen LogP contribution is 2.30. The molecular weight excluding hydrogens is 312 g/mol. The largest absolute Gasteiger partial charge is 0.503 e. The number of fused-ring (bicyclic) bond motifs is 1. The average Bonchev–Trinajstić information content (AvgIpc) is 3.04. The summed E-state index contributed by atoms with van der Waals surface area (Å²) in [6.07, 6.45) is 4.80. The van der Waals surface area contributed by atoms with Gasteiger partial charge in [0.25, 0.3) is 0 Å². The number of hydrogen-bond acceptors (Lipinski definition) is 3. The smallest absolute Gasteiger partial charge is 0.194 e. The molecule has 4 nitrogen and oxygen atoms in total. The third-order valence-electron chi connectivity index (χ3n) is 3.83. The Morgan fingerprint density at radius 2 is 1.75 bits per heavy atom. The number of phenols is 1. The lowest BCUT2D eigenvalue weighted by Crippen LogP contribution is -1.98. The van der Waals surface area contributed by atoms with Crippen molar-refractivity contribution >= 4 is 10.9 Å². The predicted octanol–water partition coefficient (Wildman–Crippen LogP) is 4.07. The van der Waals surface area contributed by atoms with Crippen molar-refractivity contribution in [2.45, 2.75) is 0 Å². The molecular formula is C18H11F2N3O. The lowest BCUT2D eigenvalue weighted by Gasteiger charge is -2.07. The standard InChI is InChI=1S/C18H11F2N3O/c19-15-8-13-10-22-23(17(13)16(20)18(15)24)14-5-3-11(4-6-14)12-2-1-7-21-9-12/h1-10,24H. The Kier molecular flexibility index (Phi) is 3.23. The molecule has 0 saturated carbocycles. The normalized spacial score (nSPS) is 11.1. The average molecular weight is 323 g/mol. The van der Waals surface area contributed by atoms with Crippen molar-refractivity contribution < 1.29 is 13.9 Å². The number of hydrogen-bond donors (Lipinski definition) is 1. The van der Waals surface area contributed by atoms with E-state index in [-0.39, 0.29) is 10.9 Å². The van der Waals surface area contributed by atoms with Crippen LogP contribution in [-0.4, -0.2) is 19.9 Å². The summed E-state index contributed by atoms with van der Waals surface area (Å²) >= 11 is 0. The minimum Gasteiger partial charge on any atom is -0.503 e. The van der Waals surface area contributed by atoms with Gasteiger partial charge >= 0.3 is 0 Å². The first-order valence-electron chi connectivity index (χ1n) is 7.20. The Morgan fingerprint density at radius 3 is 2.46 bits per heavy atom. The van der Waals surface area contributed by atoms with E-state index in [0.717, 1.165) is 17.2 Å². The van der Waals surface area contributed by atoms with Crippen LogP contribution in [0.3, 0.4) is 0 Å². The molecule has 0 atom stereocenters. The van der Waals surface area contributed by atoms with Crippen LogP contribution in [0.4, 0.5) is 8.78 Å². The molecule has 4 aromatic rings. The first kappa shape index (κ1) is 14.3. The molecule has 118 valence electrons. The van der Waals surface area contributed by atoms with Crippen molar-refractivity contribution in [3.63, 3.8) is 0 Å². The fourth-order valence-corrected chi connectivity index (χ4v) is 2.63. The fourth-order valence-electron chi connectivity index (χ4n) is 2.63. The van der Waals surface area contributed by atoms with E-state index in [2.05, 4.69) is 10.1 Å².